The highest BCUT2D eigenvalue weighted by Crippen LogP contribution is 2.22. The molecule has 0 saturated carbocycles. The number of nitrogens with one attached hydrogen (secondary N) is 1. The normalized spacial score (nSPS) is 15.7. The van der Waals surface area contributed by atoms with Gasteiger partial charge in [-0.25, -0.2) is 4.98 Å². The second-order valence-electron chi connectivity index (χ2n) is 8.37. The van der Waals surface area contributed by atoms with Crippen LogP contribution in [0, 0.1) is 0 Å². The van der Waals surface area contributed by atoms with E-state index in [0.29, 0.717) is 0 Å². The van der Waals surface area contributed by atoms with Crippen molar-refractivity contribution in [3.63, 3.8) is 0 Å². The summed E-state index contributed by atoms with van der Waals surface area (Å²) >= 11 is 0. The predicted octanol–water partition coefficient (Wildman–Crippen LogP) is 4.93. The molecule has 1 aliphatic heterocycles. The zero-order chi connectivity index (χ0) is 22.2. The van der Waals surface area contributed by atoms with Crippen molar-refractivity contribution in [3.8, 4) is 0 Å². The fraction of sp³-hybridized carbons (Fsp3) is 0.333. The molecule has 2 heterocycles. The number of carbonyl (C=O) groups is 1. The lowest BCUT2D eigenvalue weighted by molar-refractivity contribution is -0.117. The van der Waals surface area contributed by atoms with Crippen molar-refractivity contribution in [1.82, 2.24) is 9.88 Å². The van der Waals surface area contributed by atoms with Crippen molar-refractivity contribution >= 4 is 17.4 Å². The highest BCUT2D eigenvalue weighted by atomic mass is 16.1. The van der Waals surface area contributed by atoms with Crippen LogP contribution in [0.1, 0.15) is 36.8 Å². The molecule has 1 atom stereocenters. The number of benzene rings is 2. The van der Waals surface area contributed by atoms with Crippen LogP contribution in [-0.2, 0) is 11.3 Å². The van der Waals surface area contributed by atoms with E-state index in [0.717, 1.165) is 62.6 Å². The maximum Gasteiger partial charge on any atom is 0.231 e. The van der Waals surface area contributed by atoms with Gasteiger partial charge in [-0.2, -0.15) is 0 Å². The zero-order valence-electron chi connectivity index (χ0n) is 18.8. The lowest BCUT2D eigenvalue weighted by atomic mass is 9.95. The zero-order valence-corrected chi connectivity index (χ0v) is 18.8. The monoisotopic (exact) mass is 428 g/mol. The van der Waals surface area contributed by atoms with Gasteiger partial charge in [0.15, 0.2) is 0 Å². The minimum absolute atomic E-state index is 0.0135. The van der Waals surface area contributed by atoms with E-state index < -0.39 is 0 Å². The Morgan fingerprint density at radius 3 is 2.38 bits per heavy atom. The van der Waals surface area contributed by atoms with E-state index in [9.17, 15) is 4.79 Å². The van der Waals surface area contributed by atoms with Gasteiger partial charge in [-0.15, -0.1) is 0 Å². The van der Waals surface area contributed by atoms with Crippen LogP contribution in [0.25, 0.3) is 0 Å². The van der Waals surface area contributed by atoms with E-state index in [-0.39, 0.29) is 11.8 Å². The first-order valence-corrected chi connectivity index (χ1v) is 11.6. The molecule has 1 aromatic heterocycles. The van der Waals surface area contributed by atoms with Gasteiger partial charge in [-0.3, -0.25) is 9.69 Å². The van der Waals surface area contributed by atoms with Crippen LogP contribution in [0.4, 0.5) is 11.5 Å². The first kappa shape index (κ1) is 22.0. The van der Waals surface area contributed by atoms with E-state index >= 15 is 0 Å². The van der Waals surface area contributed by atoms with E-state index in [1.807, 2.05) is 49.4 Å². The minimum Gasteiger partial charge on any atom is -0.355 e. The van der Waals surface area contributed by atoms with Gasteiger partial charge in [0.05, 0.1) is 17.8 Å². The van der Waals surface area contributed by atoms with E-state index in [1.54, 1.807) is 6.20 Å². The highest BCUT2D eigenvalue weighted by molar-refractivity contribution is 5.95. The average Bonchev–Trinajstić information content (AvgIpc) is 3.07. The van der Waals surface area contributed by atoms with Crippen LogP contribution in [0.15, 0.2) is 79.0 Å². The summed E-state index contributed by atoms with van der Waals surface area (Å²) in [5.74, 6) is 0.830. The Balaban J connectivity index is 1.33. The Bertz CT molecular complexity index is 976. The first-order chi connectivity index (χ1) is 15.7. The number of amides is 1. The Morgan fingerprint density at radius 2 is 1.69 bits per heavy atom. The van der Waals surface area contributed by atoms with Crippen molar-refractivity contribution in [2.75, 3.05) is 36.4 Å². The van der Waals surface area contributed by atoms with Gasteiger partial charge in [0.25, 0.3) is 0 Å². The number of carbonyl (C=O) groups excluding carboxylic acids is 1. The fourth-order valence-electron chi connectivity index (χ4n) is 4.33. The average molecular weight is 429 g/mol. The number of hydrogen-bond acceptors (Lipinski definition) is 4. The van der Waals surface area contributed by atoms with Crippen molar-refractivity contribution in [2.45, 2.75) is 32.2 Å². The summed E-state index contributed by atoms with van der Waals surface area (Å²) in [5, 5.41) is 3.04. The maximum atomic E-state index is 12.8. The third kappa shape index (κ3) is 5.74. The molecule has 1 saturated heterocycles. The number of hydrogen-bond donors (Lipinski definition) is 1. The number of pyridine rings is 1. The van der Waals surface area contributed by atoms with E-state index in [2.05, 4.69) is 50.4 Å². The van der Waals surface area contributed by atoms with Gasteiger partial charge >= 0.3 is 0 Å². The quantitative estimate of drug-likeness (QED) is 0.580. The molecule has 1 fully saturated rings. The summed E-state index contributed by atoms with van der Waals surface area (Å²) in [6.45, 7) is 7.10. The summed E-state index contributed by atoms with van der Waals surface area (Å²) in [4.78, 5) is 22.3. The summed E-state index contributed by atoms with van der Waals surface area (Å²) in [6, 6.07) is 24.6. The van der Waals surface area contributed by atoms with Gasteiger partial charge in [-0.05, 0) is 36.1 Å². The highest BCUT2D eigenvalue weighted by Gasteiger charge is 2.19. The SMILES string of the molecule is CC[C@H](C(=O)Nc1ccc(N2CCCN(Cc3ccccc3)CC2)nc1)c1ccccc1. The molecule has 0 radical (unpaired) electrons. The number of nitrogens with zero attached hydrogens (tertiary/aromatic N) is 3. The van der Waals surface area contributed by atoms with Crippen molar-refractivity contribution in [1.29, 1.82) is 0 Å². The smallest absolute Gasteiger partial charge is 0.231 e. The van der Waals surface area contributed by atoms with Gasteiger partial charge in [0.1, 0.15) is 5.82 Å². The van der Waals surface area contributed by atoms with Crippen LogP contribution in [0.3, 0.4) is 0 Å². The molecule has 32 heavy (non-hydrogen) atoms. The number of rotatable bonds is 7. The summed E-state index contributed by atoms with van der Waals surface area (Å²) in [6.07, 6.45) is 3.65. The molecule has 1 N–H and O–H groups in total. The third-order valence-electron chi connectivity index (χ3n) is 6.10. The fourth-order valence-corrected chi connectivity index (χ4v) is 4.33. The van der Waals surface area contributed by atoms with Crippen LogP contribution in [-0.4, -0.2) is 42.0 Å². The summed E-state index contributed by atoms with van der Waals surface area (Å²) in [7, 11) is 0. The van der Waals surface area contributed by atoms with Gasteiger partial charge in [0, 0.05) is 32.7 Å². The van der Waals surface area contributed by atoms with Gasteiger partial charge in [0.2, 0.25) is 5.91 Å². The van der Waals surface area contributed by atoms with Gasteiger partial charge in [-0.1, -0.05) is 67.6 Å². The van der Waals surface area contributed by atoms with Crippen LogP contribution < -0.4 is 10.2 Å². The second-order valence-corrected chi connectivity index (χ2v) is 8.37. The van der Waals surface area contributed by atoms with Crippen LogP contribution in [0.2, 0.25) is 0 Å². The summed E-state index contributed by atoms with van der Waals surface area (Å²) < 4.78 is 0. The number of anilines is 2. The second kappa shape index (κ2) is 10.9. The molecule has 4 rings (SSSR count). The summed E-state index contributed by atoms with van der Waals surface area (Å²) in [5.41, 5.74) is 3.15. The van der Waals surface area contributed by atoms with Crippen molar-refractivity contribution < 1.29 is 4.79 Å². The molecular weight excluding hydrogens is 396 g/mol. The van der Waals surface area contributed by atoms with Crippen molar-refractivity contribution in [3.05, 3.63) is 90.1 Å². The number of aromatic nitrogens is 1. The Hall–Kier alpha value is -3.18. The molecule has 5 heteroatoms. The van der Waals surface area contributed by atoms with Crippen LogP contribution >= 0.6 is 0 Å². The lowest BCUT2D eigenvalue weighted by Crippen LogP contribution is -2.31. The van der Waals surface area contributed by atoms with Gasteiger partial charge < -0.3 is 10.2 Å². The Labute approximate surface area is 191 Å². The Morgan fingerprint density at radius 1 is 0.938 bits per heavy atom. The molecule has 1 amide bonds. The molecular formula is C27H32N4O. The topological polar surface area (TPSA) is 48.5 Å². The molecule has 0 aliphatic carbocycles. The maximum absolute atomic E-state index is 12.8. The van der Waals surface area contributed by atoms with Crippen LogP contribution in [0.5, 0.6) is 0 Å². The molecule has 166 valence electrons. The molecule has 2 aromatic carbocycles. The molecule has 0 bridgehead atoms. The lowest BCUT2D eigenvalue weighted by Gasteiger charge is -2.23. The van der Waals surface area contributed by atoms with E-state index in [4.69, 9.17) is 0 Å². The molecule has 3 aromatic rings. The molecule has 1 aliphatic rings. The third-order valence-corrected chi connectivity index (χ3v) is 6.10. The molecule has 0 unspecified atom stereocenters. The largest absolute Gasteiger partial charge is 0.355 e. The molecule has 0 spiro atoms. The minimum atomic E-state index is -0.155. The predicted molar refractivity (Wildman–Crippen MR) is 131 cm³/mol. The van der Waals surface area contributed by atoms with E-state index in [1.165, 1.54) is 5.56 Å². The standard InChI is InChI=1S/C27H32N4O/c1-2-25(23-12-7-4-8-13-23)27(32)29-24-14-15-26(28-20-24)31-17-9-16-30(18-19-31)21-22-10-5-3-6-11-22/h3-8,10-15,20,25H,2,9,16-19,21H2,1H3,(H,29,32)/t25-/m0/s1. The first-order valence-electron chi connectivity index (χ1n) is 11.6. The molecule has 5 nitrogen and oxygen atoms in total. The Kier molecular flexibility index (Phi) is 7.51. The van der Waals surface area contributed by atoms with Crippen molar-refractivity contribution in [2.24, 2.45) is 0 Å².